The Morgan fingerprint density at radius 1 is 1.17 bits per heavy atom. The topological polar surface area (TPSA) is 26.0 Å². The summed E-state index contributed by atoms with van der Waals surface area (Å²) in [6.07, 6.45) is 0.864. The van der Waals surface area contributed by atoms with Crippen molar-refractivity contribution in [2.24, 2.45) is 11.7 Å². The molecule has 1 nitrogen and oxygen atoms in total. The smallest absolute Gasteiger partial charge is 0.248 e. The van der Waals surface area contributed by atoms with Crippen LogP contribution in [0.5, 0.6) is 0 Å². The summed E-state index contributed by atoms with van der Waals surface area (Å²) < 4.78 is 39.1. The molecular formula is C14H18F3N. The van der Waals surface area contributed by atoms with Gasteiger partial charge in [-0.15, -0.1) is 0 Å². The highest BCUT2D eigenvalue weighted by Crippen LogP contribution is 2.41. The number of hydrogen-bond acceptors (Lipinski definition) is 1. The molecule has 2 N–H and O–H groups in total. The van der Waals surface area contributed by atoms with Crippen LogP contribution in [0.4, 0.5) is 13.2 Å². The van der Waals surface area contributed by atoms with Gasteiger partial charge < -0.3 is 5.73 Å². The summed E-state index contributed by atoms with van der Waals surface area (Å²) in [5, 5.41) is 0. The van der Waals surface area contributed by atoms with E-state index in [0.29, 0.717) is 19.4 Å². The van der Waals surface area contributed by atoms with Gasteiger partial charge in [0, 0.05) is 12.8 Å². The van der Waals surface area contributed by atoms with Crippen LogP contribution in [0.15, 0.2) is 24.3 Å². The molecule has 2 rings (SSSR count). The van der Waals surface area contributed by atoms with Gasteiger partial charge in [-0.1, -0.05) is 12.1 Å². The molecule has 1 aromatic carbocycles. The van der Waals surface area contributed by atoms with Gasteiger partial charge in [0.25, 0.3) is 0 Å². The summed E-state index contributed by atoms with van der Waals surface area (Å²) in [4.78, 5) is 0. The molecule has 0 amide bonds. The molecule has 1 aliphatic carbocycles. The van der Waals surface area contributed by atoms with Gasteiger partial charge in [0.2, 0.25) is 5.92 Å². The molecule has 0 spiro atoms. The molecule has 0 aromatic heterocycles. The number of benzene rings is 1. The average Bonchev–Trinajstić information content (AvgIpc) is 2.34. The van der Waals surface area contributed by atoms with E-state index in [1.165, 1.54) is 12.1 Å². The number of alkyl halides is 2. The maximum absolute atomic E-state index is 13.1. The fraction of sp³-hybridized carbons (Fsp3) is 0.571. The Hall–Kier alpha value is -1.03. The number of hydrogen-bond donors (Lipinski definition) is 1. The molecule has 0 unspecified atom stereocenters. The van der Waals surface area contributed by atoms with Crippen LogP contribution in [0.3, 0.4) is 0 Å². The molecule has 0 heterocycles. The third kappa shape index (κ3) is 3.05. The van der Waals surface area contributed by atoms with Crippen LogP contribution < -0.4 is 5.73 Å². The van der Waals surface area contributed by atoms with Gasteiger partial charge >= 0.3 is 0 Å². The van der Waals surface area contributed by atoms with Crippen LogP contribution in [0.2, 0.25) is 0 Å². The van der Waals surface area contributed by atoms with Crippen molar-refractivity contribution >= 4 is 0 Å². The highest BCUT2D eigenvalue weighted by Gasteiger charge is 2.37. The number of halogens is 3. The second-order valence-electron chi connectivity index (χ2n) is 5.09. The predicted molar refractivity (Wildman–Crippen MR) is 65.1 cm³/mol. The molecule has 0 aliphatic heterocycles. The van der Waals surface area contributed by atoms with Crippen molar-refractivity contribution in [3.63, 3.8) is 0 Å². The zero-order valence-corrected chi connectivity index (χ0v) is 10.2. The van der Waals surface area contributed by atoms with Gasteiger partial charge in [0.1, 0.15) is 5.82 Å². The van der Waals surface area contributed by atoms with Gasteiger partial charge in [0.05, 0.1) is 0 Å². The highest BCUT2D eigenvalue weighted by atomic mass is 19.3. The molecule has 4 heteroatoms. The molecule has 100 valence electrons. The Morgan fingerprint density at radius 2 is 1.72 bits per heavy atom. The van der Waals surface area contributed by atoms with E-state index in [0.717, 1.165) is 5.56 Å². The van der Waals surface area contributed by atoms with Crippen LogP contribution in [-0.4, -0.2) is 12.5 Å². The minimum atomic E-state index is -2.52. The Kier molecular flexibility index (Phi) is 3.95. The van der Waals surface area contributed by atoms with Gasteiger partial charge in [-0.2, -0.15) is 0 Å². The van der Waals surface area contributed by atoms with Crippen molar-refractivity contribution < 1.29 is 13.2 Å². The lowest BCUT2D eigenvalue weighted by Crippen LogP contribution is -2.30. The van der Waals surface area contributed by atoms with Crippen molar-refractivity contribution in [3.05, 3.63) is 35.6 Å². The first-order chi connectivity index (χ1) is 8.52. The first-order valence-corrected chi connectivity index (χ1v) is 6.35. The van der Waals surface area contributed by atoms with E-state index in [2.05, 4.69) is 0 Å². The van der Waals surface area contributed by atoms with Crippen LogP contribution in [-0.2, 0) is 0 Å². The van der Waals surface area contributed by atoms with Gasteiger partial charge in [-0.25, -0.2) is 13.2 Å². The van der Waals surface area contributed by atoms with E-state index in [9.17, 15) is 13.2 Å². The zero-order valence-electron chi connectivity index (χ0n) is 10.2. The van der Waals surface area contributed by atoms with Gasteiger partial charge in [-0.3, -0.25) is 0 Å². The Morgan fingerprint density at radius 3 is 2.22 bits per heavy atom. The summed E-state index contributed by atoms with van der Waals surface area (Å²) in [5.74, 6) is -2.56. The molecule has 0 radical (unpaired) electrons. The molecule has 0 bridgehead atoms. The van der Waals surface area contributed by atoms with E-state index in [-0.39, 0.29) is 30.5 Å². The summed E-state index contributed by atoms with van der Waals surface area (Å²) in [6, 6.07) is 6.21. The lowest BCUT2D eigenvalue weighted by Gasteiger charge is -2.33. The van der Waals surface area contributed by atoms with Crippen LogP contribution >= 0.6 is 0 Å². The van der Waals surface area contributed by atoms with Crippen molar-refractivity contribution in [3.8, 4) is 0 Å². The first-order valence-electron chi connectivity index (χ1n) is 6.35. The summed E-state index contributed by atoms with van der Waals surface area (Å²) in [5.41, 5.74) is 6.71. The minimum Gasteiger partial charge on any atom is -0.330 e. The molecular weight excluding hydrogens is 239 g/mol. The average molecular weight is 257 g/mol. The van der Waals surface area contributed by atoms with E-state index in [4.69, 9.17) is 5.73 Å². The highest BCUT2D eigenvalue weighted by molar-refractivity contribution is 5.22. The molecule has 1 fully saturated rings. The van der Waals surface area contributed by atoms with Crippen molar-refractivity contribution in [2.45, 2.75) is 37.5 Å². The van der Waals surface area contributed by atoms with Crippen LogP contribution in [0.1, 0.15) is 37.2 Å². The van der Waals surface area contributed by atoms with Gasteiger partial charge in [-0.05, 0) is 48.9 Å². The first kappa shape index (κ1) is 13.4. The molecule has 1 aliphatic rings. The van der Waals surface area contributed by atoms with E-state index < -0.39 is 5.92 Å². The SMILES string of the molecule is NC[C@H](c1ccc(F)cc1)C1CCC(F)(F)CC1. The number of nitrogens with two attached hydrogens (primary N) is 1. The fourth-order valence-corrected chi connectivity index (χ4v) is 2.78. The standard InChI is InChI=1S/C14H18F3N/c15-12-3-1-10(2-4-12)13(9-18)11-5-7-14(16,17)8-6-11/h1-4,11,13H,5-9,18H2/t13-/m1/s1. The Bertz CT molecular complexity index is 379. The zero-order chi connectivity index (χ0) is 13.2. The lowest BCUT2D eigenvalue weighted by molar-refractivity contribution is -0.0482. The molecule has 18 heavy (non-hydrogen) atoms. The maximum Gasteiger partial charge on any atom is 0.248 e. The van der Waals surface area contributed by atoms with Crippen molar-refractivity contribution in [1.82, 2.24) is 0 Å². The second kappa shape index (κ2) is 5.31. The summed E-state index contributed by atoms with van der Waals surface area (Å²) in [6.45, 7) is 0.419. The monoisotopic (exact) mass is 257 g/mol. The van der Waals surface area contributed by atoms with E-state index >= 15 is 0 Å². The fourth-order valence-electron chi connectivity index (χ4n) is 2.78. The number of rotatable bonds is 3. The molecule has 1 atom stereocenters. The Labute approximate surface area is 105 Å². The maximum atomic E-state index is 13.1. The minimum absolute atomic E-state index is 0.0571. The lowest BCUT2D eigenvalue weighted by atomic mass is 9.76. The van der Waals surface area contributed by atoms with Crippen molar-refractivity contribution in [2.75, 3.05) is 6.54 Å². The van der Waals surface area contributed by atoms with Gasteiger partial charge in [0.15, 0.2) is 0 Å². The van der Waals surface area contributed by atoms with E-state index in [1.54, 1.807) is 12.1 Å². The normalized spacial score (nSPS) is 21.8. The largest absolute Gasteiger partial charge is 0.330 e. The molecule has 1 saturated carbocycles. The van der Waals surface area contributed by atoms with Crippen LogP contribution in [0.25, 0.3) is 0 Å². The summed E-state index contributed by atoms with van der Waals surface area (Å²) in [7, 11) is 0. The third-order valence-electron chi connectivity index (χ3n) is 3.88. The van der Waals surface area contributed by atoms with Crippen LogP contribution in [0, 0.1) is 11.7 Å². The summed E-state index contributed by atoms with van der Waals surface area (Å²) >= 11 is 0. The van der Waals surface area contributed by atoms with E-state index in [1.807, 2.05) is 0 Å². The predicted octanol–water partition coefficient (Wildman–Crippen LogP) is 3.69. The second-order valence-corrected chi connectivity index (χ2v) is 5.09. The molecule has 1 aromatic rings. The molecule has 0 saturated heterocycles. The van der Waals surface area contributed by atoms with Crippen molar-refractivity contribution in [1.29, 1.82) is 0 Å². The quantitative estimate of drug-likeness (QED) is 0.878. The Balaban J connectivity index is 2.08. The third-order valence-corrected chi connectivity index (χ3v) is 3.88.